The van der Waals surface area contributed by atoms with Crippen molar-refractivity contribution in [3.8, 4) is 0 Å². The molecule has 0 aromatic heterocycles. The maximum Gasteiger partial charge on any atom is 0.0395 e. The van der Waals surface area contributed by atoms with Gasteiger partial charge in [-0.1, -0.05) is 173 Å². The number of nitrogens with zero attached hydrogens (tertiary/aromatic N) is 1. The number of aryl methyl sites for hydroxylation is 1. The molecule has 36 heavy (non-hydrogen) atoms. The summed E-state index contributed by atoms with van der Waals surface area (Å²) in [5.74, 6) is 0. The Kier molecular flexibility index (Phi) is 23.6. The highest BCUT2D eigenvalue weighted by Gasteiger charge is 2.08. The van der Waals surface area contributed by atoms with E-state index in [0.29, 0.717) is 0 Å². The molecular weight excluding hydrogens is 434 g/mol. The molecule has 1 heteroatoms. The first-order chi connectivity index (χ1) is 17.8. The first kappa shape index (κ1) is 33.0. The van der Waals surface area contributed by atoms with E-state index in [-0.39, 0.29) is 0 Å². The van der Waals surface area contributed by atoms with E-state index < -0.39 is 0 Å². The Hall–Kier alpha value is -0.980. The summed E-state index contributed by atoms with van der Waals surface area (Å²) in [6, 6.07) is 9.03. The third kappa shape index (κ3) is 19.2. The van der Waals surface area contributed by atoms with Crippen LogP contribution in [0.2, 0.25) is 0 Å². The summed E-state index contributed by atoms with van der Waals surface area (Å²) in [6.07, 6.45) is 34.3. The third-order valence-electron chi connectivity index (χ3n) is 8.02. The monoisotopic (exact) mass is 500 g/mol. The zero-order valence-electron chi connectivity index (χ0n) is 25.1. The number of anilines is 1. The molecule has 1 aromatic carbocycles. The van der Waals surface area contributed by atoms with Crippen LogP contribution in [0.15, 0.2) is 24.3 Å². The van der Waals surface area contributed by atoms with Gasteiger partial charge in [-0.25, -0.2) is 0 Å². The average molecular weight is 500 g/mol. The largest absolute Gasteiger partial charge is 0.371 e. The lowest BCUT2D eigenvalue weighted by atomic mass is 10.0. The third-order valence-corrected chi connectivity index (χ3v) is 8.02. The molecule has 1 nitrogen and oxygen atoms in total. The van der Waals surface area contributed by atoms with Crippen LogP contribution >= 0.6 is 0 Å². The number of benzene rings is 1. The van der Waals surface area contributed by atoms with Gasteiger partial charge < -0.3 is 4.90 Å². The lowest BCUT2D eigenvalue weighted by molar-refractivity contribution is 0.532. The summed E-state index contributed by atoms with van der Waals surface area (Å²) >= 11 is 0. The maximum absolute atomic E-state index is 2.70. The summed E-state index contributed by atoms with van der Waals surface area (Å²) in [5, 5.41) is 0. The average Bonchev–Trinajstić information content (AvgIpc) is 2.89. The number of hydrogen-bond acceptors (Lipinski definition) is 1. The minimum atomic E-state index is 1.24. The highest BCUT2D eigenvalue weighted by Crippen LogP contribution is 2.22. The normalized spacial score (nSPS) is 11.3. The highest BCUT2D eigenvalue weighted by atomic mass is 15.1. The van der Waals surface area contributed by atoms with Crippen molar-refractivity contribution in [1.29, 1.82) is 0 Å². The van der Waals surface area contributed by atoms with Gasteiger partial charge in [0.1, 0.15) is 0 Å². The van der Waals surface area contributed by atoms with Crippen molar-refractivity contribution < 1.29 is 0 Å². The molecule has 0 atom stereocenters. The summed E-state index contributed by atoms with van der Waals surface area (Å²) in [4.78, 5) is 2.70. The van der Waals surface area contributed by atoms with Gasteiger partial charge in [0, 0.05) is 18.8 Å². The van der Waals surface area contributed by atoms with Gasteiger partial charge in [-0.2, -0.15) is 0 Å². The van der Waals surface area contributed by atoms with Crippen molar-refractivity contribution >= 4 is 5.69 Å². The van der Waals surface area contributed by atoms with E-state index in [9.17, 15) is 0 Å². The molecule has 0 unspecified atom stereocenters. The van der Waals surface area contributed by atoms with Gasteiger partial charge >= 0.3 is 0 Å². The van der Waals surface area contributed by atoms with Crippen molar-refractivity contribution in [3.05, 3.63) is 29.8 Å². The standard InChI is InChI=1S/C35H65N/c1-4-6-8-10-12-14-16-17-18-19-21-23-25-29-33-36(35-31-27-26-30-34(35)3)32-28-24-22-20-15-13-11-9-7-5-2/h26-27,30-31H,4-25,28-29,32-33H2,1-3H3. The van der Waals surface area contributed by atoms with Gasteiger partial charge in [0.15, 0.2) is 0 Å². The van der Waals surface area contributed by atoms with Crippen LogP contribution in [-0.2, 0) is 0 Å². The predicted molar refractivity (Wildman–Crippen MR) is 166 cm³/mol. The molecule has 1 aromatic rings. The fourth-order valence-electron chi connectivity index (χ4n) is 5.56. The first-order valence-corrected chi connectivity index (χ1v) is 16.6. The first-order valence-electron chi connectivity index (χ1n) is 16.6. The Morgan fingerprint density at radius 2 is 0.722 bits per heavy atom. The van der Waals surface area contributed by atoms with Gasteiger partial charge in [0.05, 0.1) is 0 Å². The molecule has 0 saturated heterocycles. The molecule has 0 spiro atoms. The van der Waals surface area contributed by atoms with Gasteiger partial charge in [-0.3, -0.25) is 0 Å². The van der Waals surface area contributed by atoms with Crippen molar-refractivity contribution in [2.45, 2.75) is 175 Å². The smallest absolute Gasteiger partial charge is 0.0395 e. The molecular formula is C35H65N. The maximum atomic E-state index is 2.70. The zero-order chi connectivity index (χ0) is 25.9. The molecule has 1 rings (SSSR count). The van der Waals surface area contributed by atoms with E-state index in [4.69, 9.17) is 0 Å². The van der Waals surface area contributed by atoms with Crippen LogP contribution in [0.4, 0.5) is 5.69 Å². The lowest BCUT2D eigenvalue weighted by Gasteiger charge is -2.26. The second-order valence-electron chi connectivity index (χ2n) is 11.6. The van der Waals surface area contributed by atoms with E-state index in [1.165, 1.54) is 178 Å². The summed E-state index contributed by atoms with van der Waals surface area (Å²) in [5.41, 5.74) is 2.91. The van der Waals surface area contributed by atoms with Gasteiger partial charge in [0.2, 0.25) is 0 Å². The SMILES string of the molecule is CCCCCCCCCCCCCCCCN(CCCCCCCCCCCC)c1ccccc1C. The zero-order valence-corrected chi connectivity index (χ0v) is 25.1. The molecule has 0 aliphatic rings. The molecule has 0 fully saturated rings. The van der Waals surface area contributed by atoms with E-state index in [1.54, 1.807) is 0 Å². The molecule has 0 aliphatic carbocycles. The Bertz CT molecular complexity index is 566. The van der Waals surface area contributed by atoms with Crippen molar-refractivity contribution in [3.63, 3.8) is 0 Å². The van der Waals surface area contributed by atoms with Gasteiger partial charge in [-0.05, 0) is 31.4 Å². The molecule has 0 bridgehead atoms. The van der Waals surface area contributed by atoms with Crippen molar-refractivity contribution in [2.75, 3.05) is 18.0 Å². The van der Waals surface area contributed by atoms with Crippen molar-refractivity contribution in [1.82, 2.24) is 0 Å². The fraction of sp³-hybridized carbons (Fsp3) is 0.829. The minimum Gasteiger partial charge on any atom is -0.371 e. The number of hydrogen-bond donors (Lipinski definition) is 0. The molecule has 0 heterocycles. The Morgan fingerprint density at radius 1 is 0.417 bits per heavy atom. The molecule has 0 amide bonds. The predicted octanol–water partition coefficient (Wildman–Crippen LogP) is 12.2. The van der Waals surface area contributed by atoms with Crippen LogP contribution in [0.25, 0.3) is 0 Å². The van der Waals surface area contributed by atoms with E-state index in [1.807, 2.05) is 0 Å². The van der Waals surface area contributed by atoms with Crippen LogP contribution in [-0.4, -0.2) is 13.1 Å². The molecule has 0 N–H and O–H groups in total. The Labute approximate surface area is 228 Å². The van der Waals surface area contributed by atoms with Crippen LogP contribution in [0.3, 0.4) is 0 Å². The Balaban J connectivity index is 2.10. The summed E-state index contributed by atoms with van der Waals surface area (Å²) in [7, 11) is 0. The summed E-state index contributed by atoms with van der Waals surface area (Å²) in [6.45, 7) is 9.37. The molecule has 210 valence electrons. The topological polar surface area (TPSA) is 3.24 Å². The second-order valence-corrected chi connectivity index (χ2v) is 11.6. The van der Waals surface area contributed by atoms with Crippen LogP contribution in [0.5, 0.6) is 0 Å². The highest BCUT2D eigenvalue weighted by molar-refractivity contribution is 5.52. The molecule has 0 aliphatic heterocycles. The number of para-hydroxylation sites is 1. The van der Waals surface area contributed by atoms with Crippen LogP contribution in [0, 0.1) is 6.92 Å². The summed E-state index contributed by atoms with van der Waals surface area (Å²) < 4.78 is 0. The number of unbranched alkanes of at least 4 members (excludes halogenated alkanes) is 22. The molecule has 0 saturated carbocycles. The molecule has 0 radical (unpaired) electrons. The van der Waals surface area contributed by atoms with Crippen LogP contribution < -0.4 is 4.90 Å². The second kappa shape index (κ2) is 25.7. The number of rotatable bonds is 27. The van der Waals surface area contributed by atoms with Gasteiger partial charge in [0.25, 0.3) is 0 Å². The quantitative estimate of drug-likeness (QED) is 0.109. The van der Waals surface area contributed by atoms with E-state index >= 15 is 0 Å². The fourth-order valence-corrected chi connectivity index (χ4v) is 5.56. The van der Waals surface area contributed by atoms with Crippen molar-refractivity contribution in [2.24, 2.45) is 0 Å². The van der Waals surface area contributed by atoms with E-state index in [2.05, 4.69) is 49.9 Å². The Morgan fingerprint density at radius 3 is 1.06 bits per heavy atom. The van der Waals surface area contributed by atoms with E-state index in [0.717, 1.165) is 0 Å². The van der Waals surface area contributed by atoms with Crippen LogP contribution in [0.1, 0.15) is 174 Å². The lowest BCUT2D eigenvalue weighted by Crippen LogP contribution is -2.26. The van der Waals surface area contributed by atoms with Gasteiger partial charge in [-0.15, -0.1) is 0 Å². The minimum absolute atomic E-state index is 1.24.